The molecular formula is C14H13N5O2. The minimum absolute atomic E-state index is 0.225. The lowest BCUT2D eigenvalue weighted by molar-refractivity contribution is 0.102. The van der Waals surface area contributed by atoms with Gasteiger partial charge in [-0.25, -0.2) is 0 Å². The molecule has 0 radical (unpaired) electrons. The highest BCUT2D eigenvalue weighted by Gasteiger charge is 2.10. The topological polar surface area (TPSA) is 85.8 Å². The number of hydrogen-bond acceptors (Lipinski definition) is 5. The first-order valence-corrected chi connectivity index (χ1v) is 6.35. The summed E-state index contributed by atoms with van der Waals surface area (Å²) in [5.74, 6) is 1.14. The van der Waals surface area contributed by atoms with Crippen molar-refractivity contribution >= 4 is 11.6 Å². The average Bonchev–Trinajstić information content (AvgIpc) is 3.08. The Hall–Kier alpha value is -2.96. The molecule has 0 fully saturated rings. The van der Waals surface area contributed by atoms with E-state index < -0.39 is 0 Å². The predicted octanol–water partition coefficient (Wildman–Crippen LogP) is 2.12. The van der Waals surface area contributed by atoms with E-state index in [0.29, 0.717) is 22.8 Å². The second-order valence-corrected chi connectivity index (χ2v) is 4.59. The Morgan fingerprint density at radius 1 is 1.29 bits per heavy atom. The predicted molar refractivity (Wildman–Crippen MR) is 75.3 cm³/mol. The Kier molecular flexibility index (Phi) is 3.23. The Bertz CT molecular complexity index is 790. The molecule has 21 heavy (non-hydrogen) atoms. The van der Waals surface area contributed by atoms with Crippen molar-refractivity contribution in [3.8, 4) is 5.69 Å². The van der Waals surface area contributed by atoms with Gasteiger partial charge >= 0.3 is 0 Å². The summed E-state index contributed by atoms with van der Waals surface area (Å²) in [7, 11) is 0. The van der Waals surface area contributed by atoms with E-state index in [4.69, 9.17) is 4.42 Å². The van der Waals surface area contributed by atoms with Crippen LogP contribution >= 0.6 is 0 Å². The van der Waals surface area contributed by atoms with Crippen LogP contribution < -0.4 is 5.32 Å². The van der Waals surface area contributed by atoms with Gasteiger partial charge in [0.1, 0.15) is 12.0 Å². The largest absolute Gasteiger partial charge is 0.469 e. The third kappa shape index (κ3) is 2.66. The van der Waals surface area contributed by atoms with Gasteiger partial charge in [0.25, 0.3) is 5.91 Å². The van der Waals surface area contributed by atoms with Gasteiger partial charge in [-0.05, 0) is 48.5 Å². The lowest BCUT2D eigenvalue weighted by Gasteiger charge is -2.06. The first-order chi connectivity index (χ1) is 10.1. The molecule has 0 spiro atoms. The van der Waals surface area contributed by atoms with Gasteiger partial charge in [-0.2, -0.15) is 4.68 Å². The van der Waals surface area contributed by atoms with E-state index in [9.17, 15) is 4.79 Å². The number of furan rings is 1. The number of rotatable bonds is 3. The number of amides is 1. The van der Waals surface area contributed by atoms with Crippen LogP contribution in [0.4, 0.5) is 5.69 Å². The van der Waals surface area contributed by atoms with Crippen LogP contribution in [0.1, 0.15) is 21.9 Å². The minimum Gasteiger partial charge on any atom is -0.469 e. The zero-order valence-electron chi connectivity index (χ0n) is 11.6. The van der Waals surface area contributed by atoms with E-state index in [1.54, 1.807) is 36.7 Å². The van der Waals surface area contributed by atoms with Crippen molar-refractivity contribution in [1.82, 2.24) is 20.2 Å². The number of nitrogens with zero attached hydrogens (tertiary/aromatic N) is 4. The monoisotopic (exact) mass is 283 g/mol. The van der Waals surface area contributed by atoms with Gasteiger partial charge in [-0.3, -0.25) is 4.79 Å². The molecule has 0 aliphatic rings. The summed E-state index contributed by atoms with van der Waals surface area (Å²) in [5, 5.41) is 14.1. The zero-order chi connectivity index (χ0) is 14.8. The standard InChI is InChI=1S/C14H13N5O2/c1-9-6-11(8-21-9)14(20)15-12-4-3-5-13(7-12)19-10(2)16-17-18-19/h3-8H,1-2H3,(H,15,20). The number of tetrazole rings is 1. The first-order valence-electron chi connectivity index (χ1n) is 6.35. The van der Waals surface area contributed by atoms with Crippen LogP contribution in [-0.4, -0.2) is 26.1 Å². The second kappa shape index (κ2) is 5.20. The molecule has 7 heteroatoms. The number of nitrogens with one attached hydrogen (secondary N) is 1. The van der Waals surface area contributed by atoms with Crippen molar-refractivity contribution in [2.24, 2.45) is 0 Å². The van der Waals surface area contributed by atoms with Crippen molar-refractivity contribution in [2.75, 3.05) is 5.32 Å². The highest BCUT2D eigenvalue weighted by Crippen LogP contribution is 2.16. The number of carbonyl (C=O) groups excluding carboxylic acids is 1. The smallest absolute Gasteiger partial charge is 0.258 e. The number of hydrogen-bond donors (Lipinski definition) is 1. The first kappa shape index (κ1) is 13.0. The number of benzene rings is 1. The van der Waals surface area contributed by atoms with Crippen molar-refractivity contribution in [1.29, 1.82) is 0 Å². The molecule has 3 rings (SSSR count). The van der Waals surface area contributed by atoms with E-state index in [1.165, 1.54) is 6.26 Å². The van der Waals surface area contributed by atoms with E-state index in [2.05, 4.69) is 20.8 Å². The Morgan fingerprint density at radius 3 is 2.81 bits per heavy atom. The molecule has 2 heterocycles. The molecule has 0 bridgehead atoms. The molecular weight excluding hydrogens is 270 g/mol. The molecule has 1 aromatic carbocycles. The molecule has 3 aromatic rings. The molecule has 0 unspecified atom stereocenters. The maximum absolute atomic E-state index is 12.1. The molecule has 106 valence electrons. The van der Waals surface area contributed by atoms with Crippen LogP contribution in [-0.2, 0) is 0 Å². The summed E-state index contributed by atoms with van der Waals surface area (Å²) >= 11 is 0. The van der Waals surface area contributed by atoms with Crippen molar-refractivity contribution in [2.45, 2.75) is 13.8 Å². The lowest BCUT2D eigenvalue weighted by atomic mass is 10.2. The average molecular weight is 283 g/mol. The van der Waals surface area contributed by atoms with Gasteiger partial charge in [-0.1, -0.05) is 6.07 Å². The van der Waals surface area contributed by atoms with Crippen molar-refractivity contribution < 1.29 is 9.21 Å². The van der Waals surface area contributed by atoms with Gasteiger partial charge in [0.2, 0.25) is 0 Å². The fourth-order valence-electron chi connectivity index (χ4n) is 1.95. The Balaban J connectivity index is 1.84. The van der Waals surface area contributed by atoms with Crippen LogP contribution in [0.15, 0.2) is 41.0 Å². The van der Waals surface area contributed by atoms with Gasteiger partial charge in [0.05, 0.1) is 11.3 Å². The molecule has 0 aliphatic heterocycles. The lowest BCUT2D eigenvalue weighted by Crippen LogP contribution is -2.11. The molecule has 0 atom stereocenters. The van der Waals surface area contributed by atoms with Crippen molar-refractivity contribution in [3.63, 3.8) is 0 Å². The minimum atomic E-state index is -0.225. The Morgan fingerprint density at radius 2 is 2.14 bits per heavy atom. The second-order valence-electron chi connectivity index (χ2n) is 4.59. The van der Waals surface area contributed by atoms with Crippen LogP contribution in [0.25, 0.3) is 5.69 Å². The SMILES string of the molecule is Cc1cc(C(=O)Nc2cccc(-n3nnnc3C)c2)co1. The fraction of sp³-hybridized carbons (Fsp3) is 0.143. The third-order valence-electron chi connectivity index (χ3n) is 2.97. The van der Waals surface area contributed by atoms with Crippen LogP contribution in [0.5, 0.6) is 0 Å². The van der Waals surface area contributed by atoms with E-state index in [1.807, 2.05) is 12.1 Å². The highest BCUT2D eigenvalue weighted by atomic mass is 16.3. The van der Waals surface area contributed by atoms with E-state index >= 15 is 0 Å². The van der Waals surface area contributed by atoms with Crippen LogP contribution in [0.2, 0.25) is 0 Å². The highest BCUT2D eigenvalue weighted by molar-refractivity contribution is 6.04. The quantitative estimate of drug-likeness (QED) is 0.795. The summed E-state index contributed by atoms with van der Waals surface area (Å²) in [6, 6.07) is 8.97. The normalized spacial score (nSPS) is 10.6. The number of carbonyl (C=O) groups is 1. The molecule has 0 aliphatic carbocycles. The number of aryl methyl sites for hydroxylation is 2. The van der Waals surface area contributed by atoms with Crippen LogP contribution in [0, 0.1) is 13.8 Å². The molecule has 1 amide bonds. The van der Waals surface area contributed by atoms with E-state index in [-0.39, 0.29) is 5.91 Å². The fourth-order valence-corrected chi connectivity index (χ4v) is 1.95. The number of aromatic nitrogens is 4. The van der Waals surface area contributed by atoms with Crippen molar-refractivity contribution in [3.05, 3.63) is 53.7 Å². The van der Waals surface area contributed by atoms with E-state index in [0.717, 1.165) is 5.69 Å². The Labute approximate surface area is 120 Å². The molecule has 1 N–H and O–H groups in total. The van der Waals surface area contributed by atoms with Gasteiger partial charge < -0.3 is 9.73 Å². The van der Waals surface area contributed by atoms with Crippen LogP contribution in [0.3, 0.4) is 0 Å². The molecule has 2 aromatic heterocycles. The maximum atomic E-state index is 12.1. The number of anilines is 1. The molecule has 0 saturated carbocycles. The summed E-state index contributed by atoms with van der Waals surface area (Å²) in [6.07, 6.45) is 1.43. The summed E-state index contributed by atoms with van der Waals surface area (Å²) in [6.45, 7) is 3.59. The molecule has 0 saturated heterocycles. The summed E-state index contributed by atoms with van der Waals surface area (Å²) in [5.41, 5.74) is 1.92. The summed E-state index contributed by atoms with van der Waals surface area (Å²) in [4.78, 5) is 12.1. The van der Waals surface area contributed by atoms with Gasteiger partial charge in [0.15, 0.2) is 5.82 Å². The van der Waals surface area contributed by atoms with Gasteiger partial charge in [-0.15, -0.1) is 5.10 Å². The third-order valence-corrected chi connectivity index (χ3v) is 2.97. The maximum Gasteiger partial charge on any atom is 0.258 e. The van der Waals surface area contributed by atoms with Gasteiger partial charge in [0, 0.05) is 5.69 Å². The summed E-state index contributed by atoms with van der Waals surface area (Å²) < 4.78 is 6.73. The molecule has 7 nitrogen and oxygen atoms in total. The zero-order valence-corrected chi connectivity index (χ0v) is 11.6.